The van der Waals surface area contributed by atoms with Crippen LogP contribution in [-0.2, 0) is 11.2 Å². The minimum absolute atomic E-state index is 0.417. The van der Waals surface area contributed by atoms with Gasteiger partial charge in [-0.25, -0.2) is 15.0 Å². The van der Waals surface area contributed by atoms with Crippen LogP contribution in [0.1, 0.15) is 36.9 Å². The van der Waals surface area contributed by atoms with E-state index >= 15 is 0 Å². The monoisotopic (exact) mass is 399 g/mol. The summed E-state index contributed by atoms with van der Waals surface area (Å²) in [5, 5.41) is 0. The highest BCUT2D eigenvalue weighted by atomic mass is 16.5. The van der Waals surface area contributed by atoms with E-state index in [1.807, 2.05) is 12.1 Å². The third kappa shape index (κ3) is 3.33. The second-order valence-corrected chi connectivity index (χ2v) is 7.69. The SMILES string of the molecule is CCc1ccc(-n2c(-c3cccnc3N)nc3ccc(C4CCOCC4)nc32)cc1. The average molecular weight is 399 g/mol. The number of fused-ring (bicyclic) bond motifs is 1. The molecule has 1 aromatic carbocycles. The van der Waals surface area contributed by atoms with Crippen LogP contribution in [0.2, 0.25) is 0 Å². The van der Waals surface area contributed by atoms with Gasteiger partial charge in [-0.1, -0.05) is 19.1 Å². The zero-order chi connectivity index (χ0) is 20.5. The molecule has 6 nitrogen and oxygen atoms in total. The highest BCUT2D eigenvalue weighted by Crippen LogP contribution is 2.32. The number of nitrogen functional groups attached to an aromatic ring is 1. The van der Waals surface area contributed by atoms with Gasteiger partial charge in [-0.3, -0.25) is 4.57 Å². The summed E-state index contributed by atoms with van der Waals surface area (Å²) in [6.07, 6.45) is 4.70. The lowest BCUT2D eigenvalue weighted by atomic mass is 9.96. The summed E-state index contributed by atoms with van der Waals surface area (Å²) in [4.78, 5) is 14.3. The number of rotatable bonds is 4. The topological polar surface area (TPSA) is 78.9 Å². The minimum atomic E-state index is 0.417. The smallest absolute Gasteiger partial charge is 0.165 e. The van der Waals surface area contributed by atoms with E-state index in [0.29, 0.717) is 11.7 Å². The summed E-state index contributed by atoms with van der Waals surface area (Å²) < 4.78 is 7.63. The number of benzene rings is 1. The van der Waals surface area contributed by atoms with Gasteiger partial charge >= 0.3 is 0 Å². The van der Waals surface area contributed by atoms with E-state index in [2.05, 4.69) is 52.9 Å². The van der Waals surface area contributed by atoms with E-state index in [9.17, 15) is 0 Å². The number of pyridine rings is 2. The molecule has 0 radical (unpaired) electrons. The van der Waals surface area contributed by atoms with Crippen molar-refractivity contribution < 1.29 is 4.74 Å². The van der Waals surface area contributed by atoms with Crippen molar-refractivity contribution in [1.82, 2.24) is 19.5 Å². The van der Waals surface area contributed by atoms with Gasteiger partial charge in [0.05, 0.1) is 5.56 Å². The van der Waals surface area contributed by atoms with Crippen LogP contribution < -0.4 is 5.73 Å². The van der Waals surface area contributed by atoms with E-state index < -0.39 is 0 Å². The Morgan fingerprint density at radius 1 is 1.03 bits per heavy atom. The third-order valence-electron chi connectivity index (χ3n) is 5.85. The Morgan fingerprint density at radius 2 is 1.83 bits per heavy atom. The van der Waals surface area contributed by atoms with Crippen molar-refractivity contribution in [2.75, 3.05) is 18.9 Å². The van der Waals surface area contributed by atoms with Gasteiger partial charge in [0.25, 0.3) is 0 Å². The lowest BCUT2D eigenvalue weighted by molar-refractivity contribution is 0.0845. The van der Waals surface area contributed by atoms with Gasteiger partial charge in [-0.05, 0) is 61.2 Å². The van der Waals surface area contributed by atoms with E-state index in [-0.39, 0.29) is 0 Å². The molecule has 6 heteroatoms. The van der Waals surface area contributed by atoms with Crippen LogP contribution in [0.5, 0.6) is 0 Å². The number of nitrogens with zero attached hydrogens (tertiary/aromatic N) is 4. The Balaban J connectivity index is 1.72. The van der Waals surface area contributed by atoms with Gasteiger partial charge < -0.3 is 10.5 Å². The van der Waals surface area contributed by atoms with Gasteiger partial charge in [0.2, 0.25) is 0 Å². The van der Waals surface area contributed by atoms with Gasteiger partial charge in [0, 0.05) is 36.7 Å². The average Bonchev–Trinajstić information content (AvgIpc) is 3.18. The quantitative estimate of drug-likeness (QED) is 0.546. The van der Waals surface area contributed by atoms with Crippen molar-refractivity contribution in [2.24, 2.45) is 0 Å². The summed E-state index contributed by atoms with van der Waals surface area (Å²) in [5.41, 5.74) is 12.1. The van der Waals surface area contributed by atoms with Crippen molar-refractivity contribution in [1.29, 1.82) is 0 Å². The van der Waals surface area contributed by atoms with Crippen LogP contribution in [0.3, 0.4) is 0 Å². The standard InChI is InChI=1S/C24H25N5O/c1-2-16-5-7-18(8-6-16)29-23(19-4-3-13-26-22(19)25)28-21-10-9-20(27-24(21)29)17-11-14-30-15-12-17/h3-10,13,17H,2,11-12,14-15H2,1H3,(H2,25,26). The number of nitrogens with two attached hydrogens (primary N) is 1. The molecular weight excluding hydrogens is 374 g/mol. The highest BCUT2D eigenvalue weighted by molar-refractivity contribution is 5.82. The lowest BCUT2D eigenvalue weighted by Gasteiger charge is -2.21. The second kappa shape index (κ2) is 7.88. The maximum absolute atomic E-state index is 6.22. The molecule has 4 aromatic rings. The normalized spacial score (nSPS) is 15.0. The molecule has 0 amide bonds. The Morgan fingerprint density at radius 3 is 2.57 bits per heavy atom. The van der Waals surface area contributed by atoms with Crippen molar-refractivity contribution in [3.05, 3.63) is 66.0 Å². The van der Waals surface area contributed by atoms with E-state index in [4.69, 9.17) is 20.4 Å². The van der Waals surface area contributed by atoms with Crippen molar-refractivity contribution in [3.63, 3.8) is 0 Å². The van der Waals surface area contributed by atoms with Gasteiger partial charge in [-0.15, -0.1) is 0 Å². The molecule has 30 heavy (non-hydrogen) atoms. The minimum Gasteiger partial charge on any atom is -0.383 e. The largest absolute Gasteiger partial charge is 0.383 e. The fourth-order valence-corrected chi connectivity index (χ4v) is 4.11. The molecule has 0 aliphatic carbocycles. The number of anilines is 1. The molecule has 2 N–H and O–H groups in total. The Bertz CT molecular complexity index is 1180. The van der Waals surface area contributed by atoms with Gasteiger partial charge in [-0.2, -0.15) is 0 Å². The number of aryl methyl sites for hydroxylation is 1. The molecule has 0 spiro atoms. The number of hydrogen-bond acceptors (Lipinski definition) is 5. The molecule has 0 saturated carbocycles. The molecule has 5 rings (SSSR count). The molecule has 1 aliphatic rings. The maximum Gasteiger partial charge on any atom is 0.165 e. The first-order valence-corrected chi connectivity index (χ1v) is 10.5. The predicted octanol–water partition coefficient (Wildman–Crippen LogP) is 4.52. The number of hydrogen-bond donors (Lipinski definition) is 1. The summed E-state index contributed by atoms with van der Waals surface area (Å²) in [6, 6.07) is 16.6. The molecule has 0 unspecified atom stereocenters. The number of imidazole rings is 1. The van der Waals surface area contributed by atoms with E-state index in [1.165, 1.54) is 5.56 Å². The van der Waals surface area contributed by atoms with Crippen LogP contribution in [-0.4, -0.2) is 32.7 Å². The second-order valence-electron chi connectivity index (χ2n) is 7.69. The summed E-state index contributed by atoms with van der Waals surface area (Å²) in [5.74, 6) is 1.64. The zero-order valence-electron chi connectivity index (χ0n) is 17.1. The molecule has 0 bridgehead atoms. The molecule has 4 heterocycles. The van der Waals surface area contributed by atoms with E-state index in [0.717, 1.165) is 66.4 Å². The molecule has 1 aliphatic heterocycles. The molecular formula is C24H25N5O. The van der Waals surface area contributed by atoms with Crippen LogP contribution in [0, 0.1) is 0 Å². The fraction of sp³-hybridized carbons (Fsp3) is 0.292. The van der Waals surface area contributed by atoms with Crippen LogP contribution in [0.15, 0.2) is 54.7 Å². The number of aromatic nitrogens is 4. The first-order chi connectivity index (χ1) is 14.7. The predicted molar refractivity (Wildman–Crippen MR) is 119 cm³/mol. The Labute approximate surface area is 175 Å². The van der Waals surface area contributed by atoms with Crippen LogP contribution in [0.25, 0.3) is 28.2 Å². The Kier molecular flexibility index (Phi) is 4.93. The molecule has 0 atom stereocenters. The van der Waals surface area contributed by atoms with Crippen LogP contribution in [0.4, 0.5) is 5.82 Å². The number of ether oxygens (including phenoxy) is 1. The van der Waals surface area contributed by atoms with Gasteiger partial charge in [0.15, 0.2) is 11.5 Å². The molecule has 152 valence electrons. The fourth-order valence-electron chi connectivity index (χ4n) is 4.11. The zero-order valence-corrected chi connectivity index (χ0v) is 17.1. The molecule has 1 saturated heterocycles. The molecule has 1 fully saturated rings. The van der Waals surface area contributed by atoms with Gasteiger partial charge in [0.1, 0.15) is 11.3 Å². The summed E-state index contributed by atoms with van der Waals surface area (Å²) in [7, 11) is 0. The third-order valence-corrected chi connectivity index (χ3v) is 5.85. The Hall–Kier alpha value is -3.25. The van der Waals surface area contributed by atoms with E-state index in [1.54, 1.807) is 6.20 Å². The van der Waals surface area contributed by atoms with Crippen molar-refractivity contribution in [3.8, 4) is 17.1 Å². The van der Waals surface area contributed by atoms with Crippen molar-refractivity contribution in [2.45, 2.75) is 32.1 Å². The lowest BCUT2D eigenvalue weighted by Crippen LogP contribution is -2.15. The first-order valence-electron chi connectivity index (χ1n) is 10.5. The highest BCUT2D eigenvalue weighted by Gasteiger charge is 2.21. The van der Waals surface area contributed by atoms with Crippen LogP contribution >= 0.6 is 0 Å². The summed E-state index contributed by atoms with van der Waals surface area (Å²) in [6.45, 7) is 3.74. The summed E-state index contributed by atoms with van der Waals surface area (Å²) >= 11 is 0. The molecule has 3 aromatic heterocycles. The maximum atomic E-state index is 6.22. The van der Waals surface area contributed by atoms with Crippen molar-refractivity contribution >= 4 is 17.0 Å². The first kappa shape index (κ1) is 18.8.